The Hall–Kier alpha value is -1.59. The van der Waals surface area contributed by atoms with E-state index in [0.29, 0.717) is 5.02 Å². The molecule has 0 saturated heterocycles. The van der Waals surface area contributed by atoms with Crippen molar-refractivity contribution in [3.63, 3.8) is 0 Å². The number of aromatic nitrogens is 3. The Morgan fingerprint density at radius 3 is 3.11 bits per heavy atom. The van der Waals surface area contributed by atoms with Crippen molar-refractivity contribution in [1.29, 1.82) is 0 Å². The zero-order valence-electron chi connectivity index (χ0n) is 9.72. The fourth-order valence-electron chi connectivity index (χ4n) is 1.83. The van der Waals surface area contributed by atoms with Gasteiger partial charge >= 0.3 is 0 Å². The van der Waals surface area contributed by atoms with E-state index in [4.69, 9.17) is 11.6 Å². The molecule has 0 aliphatic carbocycles. The number of benzene rings is 1. The number of anilines is 1. The molecule has 0 unspecified atom stereocenters. The summed E-state index contributed by atoms with van der Waals surface area (Å²) in [6.45, 7) is 0.732. The summed E-state index contributed by atoms with van der Waals surface area (Å²) in [6.07, 6.45) is 1.86. The van der Waals surface area contributed by atoms with E-state index in [1.54, 1.807) is 11.3 Å². The van der Waals surface area contributed by atoms with Crippen LogP contribution in [0.2, 0.25) is 5.02 Å². The van der Waals surface area contributed by atoms with E-state index in [9.17, 15) is 0 Å². The van der Waals surface area contributed by atoms with Crippen LogP contribution >= 0.6 is 22.9 Å². The second-order valence-corrected chi connectivity index (χ2v) is 5.36. The average Bonchev–Trinajstić information content (AvgIpc) is 2.95. The van der Waals surface area contributed by atoms with Crippen LogP contribution in [-0.4, -0.2) is 14.5 Å². The molecule has 1 N–H and O–H groups in total. The van der Waals surface area contributed by atoms with Crippen LogP contribution in [0.3, 0.4) is 0 Å². The molecule has 0 spiro atoms. The van der Waals surface area contributed by atoms with Gasteiger partial charge in [-0.2, -0.15) is 0 Å². The van der Waals surface area contributed by atoms with E-state index in [1.807, 2.05) is 41.5 Å². The second kappa shape index (κ2) is 4.59. The number of aryl methyl sites for hydroxylation is 1. The van der Waals surface area contributed by atoms with Crippen LogP contribution in [0.1, 0.15) is 4.88 Å². The van der Waals surface area contributed by atoms with Gasteiger partial charge in [0.25, 0.3) is 0 Å². The molecule has 18 heavy (non-hydrogen) atoms. The van der Waals surface area contributed by atoms with E-state index < -0.39 is 0 Å². The summed E-state index contributed by atoms with van der Waals surface area (Å²) >= 11 is 7.59. The van der Waals surface area contributed by atoms with Crippen molar-refractivity contribution in [3.05, 3.63) is 39.8 Å². The maximum absolute atomic E-state index is 5.96. The number of imidazole rings is 1. The van der Waals surface area contributed by atoms with Crippen molar-refractivity contribution in [2.24, 2.45) is 7.05 Å². The summed E-state index contributed by atoms with van der Waals surface area (Å²) in [6, 6.07) is 5.72. The third kappa shape index (κ3) is 2.07. The molecule has 0 bridgehead atoms. The van der Waals surface area contributed by atoms with Gasteiger partial charge in [0.15, 0.2) is 0 Å². The molecule has 3 aromatic rings. The molecule has 0 atom stereocenters. The lowest BCUT2D eigenvalue weighted by Crippen LogP contribution is -2.03. The van der Waals surface area contributed by atoms with Crippen molar-refractivity contribution in [2.75, 3.05) is 5.32 Å². The fourth-order valence-corrected chi connectivity index (χ4v) is 2.53. The highest BCUT2D eigenvalue weighted by molar-refractivity contribution is 7.09. The summed E-state index contributed by atoms with van der Waals surface area (Å²) in [5.41, 5.74) is 3.79. The van der Waals surface area contributed by atoms with Gasteiger partial charge in [-0.05, 0) is 18.2 Å². The third-order valence-electron chi connectivity index (χ3n) is 2.75. The number of nitrogens with one attached hydrogen (secondary N) is 1. The highest BCUT2D eigenvalue weighted by atomic mass is 35.5. The van der Waals surface area contributed by atoms with E-state index in [1.165, 1.54) is 4.88 Å². The largest absolute Gasteiger partial charge is 0.351 e. The van der Waals surface area contributed by atoms with Crippen LogP contribution in [0, 0.1) is 0 Å². The average molecular weight is 279 g/mol. The Morgan fingerprint density at radius 2 is 2.33 bits per heavy atom. The van der Waals surface area contributed by atoms with Crippen molar-refractivity contribution >= 4 is 39.9 Å². The smallest absolute Gasteiger partial charge is 0.203 e. The molecule has 0 aliphatic rings. The second-order valence-electron chi connectivity index (χ2n) is 3.95. The Bertz CT molecular complexity index is 675. The van der Waals surface area contributed by atoms with Gasteiger partial charge in [-0.1, -0.05) is 11.6 Å². The summed E-state index contributed by atoms with van der Waals surface area (Å²) in [5.74, 6) is 0.834. The molecule has 3 rings (SSSR count). The van der Waals surface area contributed by atoms with Gasteiger partial charge in [0, 0.05) is 23.1 Å². The Labute approximate surface area is 113 Å². The quantitative estimate of drug-likeness (QED) is 0.799. The number of hydrogen-bond donors (Lipinski definition) is 1. The molecule has 92 valence electrons. The minimum Gasteiger partial charge on any atom is -0.351 e. The first-order chi connectivity index (χ1) is 8.74. The Balaban J connectivity index is 1.90. The van der Waals surface area contributed by atoms with Crippen LogP contribution in [0.4, 0.5) is 5.95 Å². The standard InChI is InChI=1S/C12H11ClN4S/c1-17-11-3-2-8(13)4-10(11)16-12(17)15-6-9-5-14-7-18-9/h2-5,7H,6H2,1H3,(H,15,16). The number of nitrogens with zero attached hydrogens (tertiary/aromatic N) is 3. The van der Waals surface area contributed by atoms with Crippen molar-refractivity contribution in [2.45, 2.75) is 6.54 Å². The predicted octanol–water partition coefficient (Wildman–Crippen LogP) is 3.30. The van der Waals surface area contributed by atoms with Gasteiger partial charge in [0.2, 0.25) is 5.95 Å². The normalized spacial score (nSPS) is 11.0. The molecule has 2 heterocycles. The lowest BCUT2D eigenvalue weighted by molar-refractivity contribution is 0.930. The van der Waals surface area contributed by atoms with Crippen LogP contribution in [0.5, 0.6) is 0 Å². The highest BCUT2D eigenvalue weighted by Gasteiger charge is 2.07. The monoisotopic (exact) mass is 278 g/mol. The zero-order chi connectivity index (χ0) is 12.5. The molecule has 0 fully saturated rings. The minimum absolute atomic E-state index is 0.703. The minimum atomic E-state index is 0.703. The van der Waals surface area contributed by atoms with E-state index >= 15 is 0 Å². The van der Waals surface area contributed by atoms with E-state index in [-0.39, 0.29) is 0 Å². The molecule has 0 aliphatic heterocycles. The molecular weight excluding hydrogens is 268 g/mol. The van der Waals surface area contributed by atoms with Crippen molar-refractivity contribution in [3.8, 4) is 0 Å². The summed E-state index contributed by atoms with van der Waals surface area (Å²) in [5, 5.41) is 4.01. The van der Waals surface area contributed by atoms with E-state index in [0.717, 1.165) is 23.5 Å². The fraction of sp³-hybridized carbons (Fsp3) is 0.167. The lowest BCUT2D eigenvalue weighted by atomic mass is 10.3. The lowest BCUT2D eigenvalue weighted by Gasteiger charge is -2.03. The first-order valence-electron chi connectivity index (χ1n) is 5.47. The topological polar surface area (TPSA) is 42.7 Å². The third-order valence-corrected chi connectivity index (χ3v) is 3.76. The predicted molar refractivity (Wildman–Crippen MR) is 75.2 cm³/mol. The molecule has 2 aromatic heterocycles. The van der Waals surface area contributed by atoms with Crippen LogP contribution in [0.25, 0.3) is 11.0 Å². The first-order valence-corrected chi connectivity index (χ1v) is 6.73. The molecule has 1 aromatic carbocycles. The van der Waals surface area contributed by atoms with Crippen LogP contribution < -0.4 is 5.32 Å². The summed E-state index contributed by atoms with van der Waals surface area (Å²) < 4.78 is 2.02. The number of halogens is 1. The maximum Gasteiger partial charge on any atom is 0.203 e. The first kappa shape index (κ1) is 11.5. The Kier molecular flexibility index (Phi) is 2.93. The number of hydrogen-bond acceptors (Lipinski definition) is 4. The van der Waals surface area contributed by atoms with E-state index in [2.05, 4.69) is 15.3 Å². The van der Waals surface area contributed by atoms with Gasteiger partial charge in [-0.25, -0.2) is 4.98 Å². The molecule has 0 radical (unpaired) electrons. The van der Waals surface area contributed by atoms with Crippen LogP contribution in [0.15, 0.2) is 29.9 Å². The molecule has 0 amide bonds. The van der Waals surface area contributed by atoms with Gasteiger partial charge < -0.3 is 9.88 Å². The zero-order valence-corrected chi connectivity index (χ0v) is 11.3. The Morgan fingerprint density at radius 1 is 1.44 bits per heavy atom. The van der Waals surface area contributed by atoms with Gasteiger partial charge in [-0.3, -0.25) is 4.98 Å². The molecule has 6 heteroatoms. The summed E-state index contributed by atoms with van der Waals surface area (Å²) in [7, 11) is 1.98. The maximum atomic E-state index is 5.96. The van der Waals surface area contributed by atoms with Gasteiger partial charge in [0.1, 0.15) is 0 Å². The SMILES string of the molecule is Cn1c(NCc2cncs2)nc2cc(Cl)ccc21. The van der Waals surface area contributed by atoms with Crippen molar-refractivity contribution in [1.82, 2.24) is 14.5 Å². The highest BCUT2D eigenvalue weighted by Crippen LogP contribution is 2.22. The van der Waals surface area contributed by atoms with Gasteiger partial charge in [0.05, 0.1) is 23.1 Å². The molecule has 4 nitrogen and oxygen atoms in total. The number of rotatable bonds is 3. The van der Waals surface area contributed by atoms with Gasteiger partial charge in [-0.15, -0.1) is 11.3 Å². The van der Waals surface area contributed by atoms with Crippen molar-refractivity contribution < 1.29 is 0 Å². The number of thiazole rings is 1. The molecular formula is C12H11ClN4S. The van der Waals surface area contributed by atoms with Crippen LogP contribution in [-0.2, 0) is 13.6 Å². The number of fused-ring (bicyclic) bond motifs is 1. The molecule has 0 saturated carbocycles. The summed E-state index contributed by atoms with van der Waals surface area (Å²) in [4.78, 5) is 9.75.